The highest BCUT2D eigenvalue weighted by molar-refractivity contribution is 6.64. The molecule has 0 unspecified atom stereocenters. The SMILES string of the molecule is CN(CCCN)CCO[Si](C)(C)OCCN(C)CCCN. The van der Waals surface area contributed by atoms with Crippen molar-refractivity contribution in [3.8, 4) is 0 Å². The van der Waals surface area contributed by atoms with Gasteiger partial charge in [0.2, 0.25) is 0 Å². The summed E-state index contributed by atoms with van der Waals surface area (Å²) in [5, 5.41) is 0. The molecule has 0 aliphatic heterocycles. The third-order valence-corrected chi connectivity index (χ3v) is 5.13. The van der Waals surface area contributed by atoms with Crippen LogP contribution in [-0.4, -0.2) is 84.9 Å². The second kappa shape index (κ2) is 12.5. The summed E-state index contributed by atoms with van der Waals surface area (Å²) >= 11 is 0. The Morgan fingerprint density at radius 3 is 1.48 bits per heavy atom. The van der Waals surface area contributed by atoms with Crippen LogP contribution in [0.25, 0.3) is 0 Å². The van der Waals surface area contributed by atoms with E-state index in [1.807, 2.05) is 0 Å². The molecule has 0 aromatic heterocycles. The summed E-state index contributed by atoms with van der Waals surface area (Å²) in [4.78, 5) is 4.50. The van der Waals surface area contributed by atoms with Crippen molar-refractivity contribution < 1.29 is 8.85 Å². The molecule has 4 N–H and O–H groups in total. The zero-order valence-electron chi connectivity index (χ0n) is 14.4. The van der Waals surface area contributed by atoms with Crippen LogP contribution < -0.4 is 11.5 Å². The maximum absolute atomic E-state index is 5.95. The molecule has 0 aliphatic rings. The highest BCUT2D eigenvalue weighted by Crippen LogP contribution is 2.06. The molecule has 0 aliphatic carbocycles. The van der Waals surface area contributed by atoms with Gasteiger partial charge in [0, 0.05) is 26.3 Å². The highest BCUT2D eigenvalue weighted by Gasteiger charge is 2.24. The summed E-state index contributed by atoms with van der Waals surface area (Å²) in [5.41, 5.74) is 11.0. The lowest BCUT2D eigenvalue weighted by Gasteiger charge is -2.26. The number of nitrogens with zero attached hydrogens (tertiary/aromatic N) is 2. The molecule has 21 heavy (non-hydrogen) atoms. The van der Waals surface area contributed by atoms with Crippen molar-refractivity contribution in [2.75, 3.05) is 66.6 Å². The van der Waals surface area contributed by atoms with Crippen LogP contribution in [0.2, 0.25) is 13.1 Å². The molecule has 0 heterocycles. The zero-order valence-corrected chi connectivity index (χ0v) is 15.4. The molecule has 0 aromatic rings. The Kier molecular flexibility index (Phi) is 12.5. The van der Waals surface area contributed by atoms with E-state index in [4.69, 9.17) is 20.3 Å². The monoisotopic (exact) mass is 320 g/mol. The summed E-state index contributed by atoms with van der Waals surface area (Å²) in [6.07, 6.45) is 2.06. The van der Waals surface area contributed by atoms with E-state index in [-0.39, 0.29) is 0 Å². The second-order valence-electron chi connectivity index (χ2n) is 5.99. The van der Waals surface area contributed by atoms with Gasteiger partial charge in [-0.15, -0.1) is 0 Å². The smallest absolute Gasteiger partial charge is 0.331 e. The van der Waals surface area contributed by atoms with Crippen molar-refractivity contribution in [2.45, 2.75) is 25.9 Å². The van der Waals surface area contributed by atoms with E-state index in [9.17, 15) is 0 Å². The van der Waals surface area contributed by atoms with E-state index in [0.717, 1.165) is 65.3 Å². The van der Waals surface area contributed by atoms with Crippen molar-refractivity contribution in [2.24, 2.45) is 11.5 Å². The van der Waals surface area contributed by atoms with E-state index in [1.54, 1.807) is 0 Å². The first-order valence-corrected chi connectivity index (χ1v) is 10.8. The Balaban J connectivity index is 3.68. The van der Waals surface area contributed by atoms with Crippen molar-refractivity contribution in [1.82, 2.24) is 9.80 Å². The molecular weight excluding hydrogens is 284 g/mol. The number of hydrogen-bond donors (Lipinski definition) is 2. The number of hydrogen-bond acceptors (Lipinski definition) is 6. The molecule has 6 nitrogen and oxygen atoms in total. The minimum absolute atomic E-state index is 0.726. The van der Waals surface area contributed by atoms with Gasteiger partial charge in [-0.3, -0.25) is 0 Å². The summed E-state index contributed by atoms with van der Waals surface area (Å²) in [6, 6.07) is 0. The van der Waals surface area contributed by atoms with Gasteiger partial charge in [-0.2, -0.15) is 0 Å². The third kappa shape index (κ3) is 13.4. The standard InChI is InChI=1S/C14H36N4O2Si/c1-17(9-5-7-15)11-13-19-21(3,4)20-14-12-18(2)10-6-8-16/h5-16H2,1-4H3. The van der Waals surface area contributed by atoms with Crippen molar-refractivity contribution in [3.63, 3.8) is 0 Å². The first-order valence-electron chi connectivity index (χ1n) is 7.96. The fourth-order valence-corrected chi connectivity index (χ4v) is 3.13. The van der Waals surface area contributed by atoms with Crippen LogP contribution in [0.5, 0.6) is 0 Å². The lowest BCUT2D eigenvalue weighted by Crippen LogP contribution is -2.40. The summed E-state index contributed by atoms with van der Waals surface area (Å²) < 4.78 is 11.9. The molecule has 128 valence electrons. The molecule has 0 bridgehead atoms. The van der Waals surface area contributed by atoms with Crippen molar-refractivity contribution >= 4 is 8.56 Å². The van der Waals surface area contributed by atoms with Crippen LogP contribution in [-0.2, 0) is 8.85 Å². The average molecular weight is 321 g/mol. The molecule has 0 saturated carbocycles. The van der Waals surface area contributed by atoms with E-state index in [0.29, 0.717) is 0 Å². The van der Waals surface area contributed by atoms with E-state index in [1.165, 1.54) is 0 Å². The molecule has 0 fully saturated rings. The number of nitrogens with two attached hydrogens (primary N) is 2. The van der Waals surface area contributed by atoms with Crippen LogP contribution in [0.3, 0.4) is 0 Å². The first-order chi connectivity index (χ1) is 9.91. The van der Waals surface area contributed by atoms with E-state index >= 15 is 0 Å². The maximum atomic E-state index is 5.95. The van der Waals surface area contributed by atoms with Crippen molar-refractivity contribution in [1.29, 1.82) is 0 Å². The molecule has 0 aromatic carbocycles. The molecule has 7 heteroatoms. The van der Waals surface area contributed by atoms with Gasteiger partial charge in [0.15, 0.2) is 0 Å². The van der Waals surface area contributed by atoms with Crippen LogP contribution in [0, 0.1) is 0 Å². The quantitative estimate of drug-likeness (QED) is 0.448. The predicted octanol–water partition coefficient (Wildman–Crippen LogP) is 0.283. The average Bonchev–Trinajstić information content (AvgIpc) is 2.42. The van der Waals surface area contributed by atoms with Gasteiger partial charge >= 0.3 is 8.56 Å². The van der Waals surface area contributed by atoms with Gasteiger partial charge in [-0.1, -0.05) is 0 Å². The molecule has 0 rings (SSSR count). The van der Waals surface area contributed by atoms with Gasteiger partial charge in [0.25, 0.3) is 0 Å². The Morgan fingerprint density at radius 1 is 0.762 bits per heavy atom. The lowest BCUT2D eigenvalue weighted by molar-refractivity contribution is 0.145. The third-order valence-electron chi connectivity index (χ3n) is 3.33. The van der Waals surface area contributed by atoms with E-state index in [2.05, 4.69) is 37.0 Å². The molecule has 0 spiro atoms. The Hall–Kier alpha value is -0.0231. The minimum atomic E-state index is -2.00. The highest BCUT2D eigenvalue weighted by atomic mass is 28.4. The number of likely N-dealkylation sites (N-methyl/N-ethyl adjacent to an activating group) is 2. The molecule has 0 atom stereocenters. The Bertz CT molecular complexity index is 223. The molecule has 0 amide bonds. The van der Waals surface area contributed by atoms with Gasteiger partial charge < -0.3 is 30.1 Å². The van der Waals surface area contributed by atoms with Gasteiger partial charge in [0.05, 0.1) is 0 Å². The normalized spacial score (nSPS) is 12.6. The maximum Gasteiger partial charge on any atom is 0.331 e. The summed E-state index contributed by atoms with van der Waals surface area (Å²) in [7, 11) is 2.19. The van der Waals surface area contributed by atoms with Gasteiger partial charge in [0.1, 0.15) is 0 Å². The number of rotatable bonds is 14. The van der Waals surface area contributed by atoms with Crippen LogP contribution in [0.4, 0.5) is 0 Å². The fourth-order valence-electron chi connectivity index (χ4n) is 1.88. The zero-order chi connectivity index (χ0) is 16.1. The molecular formula is C14H36N4O2Si. The topological polar surface area (TPSA) is 77.0 Å². The lowest BCUT2D eigenvalue weighted by atomic mass is 10.4. The Morgan fingerprint density at radius 2 is 1.14 bits per heavy atom. The first kappa shape index (κ1) is 21.0. The van der Waals surface area contributed by atoms with Gasteiger partial charge in [-0.25, -0.2) is 0 Å². The van der Waals surface area contributed by atoms with Crippen LogP contribution >= 0.6 is 0 Å². The Labute approximate surface area is 132 Å². The summed E-state index contributed by atoms with van der Waals surface area (Å²) in [5.74, 6) is 0. The van der Waals surface area contributed by atoms with Crippen LogP contribution in [0.1, 0.15) is 12.8 Å². The summed E-state index contributed by atoms with van der Waals surface area (Å²) in [6.45, 7) is 11.0. The van der Waals surface area contributed by atoms with Crippen LogP contribution in [0.15, 0.2) is 0 Å². The second-order valence-corrected chi connectivity index (χ2v) is 9.36. The molecule has 0 radical (unpaired) electrons. The van der Waals surface area contributed by atoms with Crippen molar-refractivity contribution in [3.05, 3.63) is 0 Å². The fraction of sp³-hybridized carbons (Fsp3) is 1.00. The largest absolute Gasteiger partial charge is 0.393 e. The van der Waals surface area contributed by atoms with E-state index < -0.39 is 8.56 Å². The van der Waals surface area contributed by atoms with Gasteiger partial charge in [-0.05, 0) is 66.2 Å². The predicted molar refractivity (Wildman–Crippen MR) is 91.7 cm³/mol. The minimum Gasteiger partial charge on any atom is -0.393 e. The molecule has 0 saturated heterocycles.